The number of nitrogens with zero attached hydrogens (tertiary/aromatic N) is 4. The fourth-order valence-corrected chi connectivity index (χ4v) is 9.64. The number of carbonyl (C=O) groups is 4. The summed E-state index contributed by atoms with van der Waals surface area (Å²) in [5.41, 5.74) is -4.74. The minimum absolute atomic E-state index is 0.0559. The molecule has 3 heterocycles. The third-order valence-electron chi connectivity index (χ3n) is 12.1. The van der Waals surface area contributed by atoms with E-state index in [-0.39, 0.29) is 42.5 Å². The lowest BCUT2D eigenvalue weighted by molar-refractivity contribution is -0.222. The average Bonchev–Trinajstić information content (AvgIpc) is 4.07. The largest absolute Gasteiger partial charge is 0.497 e. The van der Waals surface area contributed by atoms with E-state index in [4.69, 9.17) is 9.47 Å². The molecule has 59 heavy (non-hydrogen) atoms. The summed E-state index contributed by atoms with van der Waals surface area (Å²) in [6.45, 7) is 4.41. The van der Waals surface area contributed by atoms with E-state index in [1.807, 2.05) is 19.1 Å². The minimum atomic E-state index is -5.10. The number of alkyl halides is 3. The second kappa shape index (κ2) is 16.0. The Bertz CT molecular complexity index is 2130. The maximum atomic E-state index is 15.1. The van der Waals surface area contributed by atoms with E-state index >= 15 is 4.79 Å². The van der Waals surface area contributed by atoms with Crippen molar-refractivity contribution in [1.82, 2.24) is 24.8 Å². The molecule has 1 aromatic heterocycles. The highest BCUT2D eigenvalue weighted by atomic mass is 32.2. The predicted molar refractivity (Wildman–Crippen MR) is 211 cm³/mol. The number of nitrogens with one attached hydrogen (secondary N) is 2. The van der Waals surface area contributed by atoms with Crippen molar-refractivity contribution < 1.29 is 55.3 Å². The second-order valence-electron chi connectivity index (χ2n) is 17.2. The number of amides is 4. The lowest BCUT2D eigenvalue weighted by atomic mass is 9.85. The molecule has 0 radical (unpaired) electrons. The Balaban J connectivity index is 1.44. The molecule has 1 aromatic carbocycles. The van der Waals surface area contributed by atoms with Crippen molar-refractivity contribution in [1.29, 1.82) is 0 Å². The summed E-state index contributed by atoms with van der Waals surface area (Å²) in [5, 5.41) is 13.7. The van der Waals surface area contributed by atoms with Crippen LogP contribution in [0.25, 0.3) is 10.8 Å². The van der Waals surface area contributed by atoms with Crippen molar-refractivity contribution in [3.05, 3.63) is 36.4 Å². The molecule has 2 aromatic rings. The topological polar surface area (TPSA) is 188 Å². The van der Waals surface area contributed by atoms with Crippen molar-refractivity contribution in [2.75, 3.05) is 32.6 Å². The number of allylic oxidation sites excluding steroid dienone is 1. The van der Waals surface area contributed by atoms with Crippen LogP contribution >= 0.6 is 0 Å². The molecule has 3 N–H and O–H groups in total. The number of carboxylic acid groups (broad SMARTS) is 1. The van der Waals surface area contributed by atoms with Gasteiger partial charge in [0, 0.05) is 31.8 Å². The number of sulfonamides is 1. The Morgan fingerprint density at radius 3 is 2.39 bits per heavy atom. The van der Waals surface area contributed by atoms with Crippen LogP contribution in [-0.4, -0.2) is 121 Å². The molecule has 4 aliphatic rings. The summed E-state index contributed by atoms with van der Waals surface area (Å²) >= 11 is 0. The van der Waals surface area contributed by atoms with Crippen LogP contribution in [0.1, 0.15) is 72.6 Å². The van der Waals surface area contributed by atoms with Crippen LogP contribution in [0.2, 0.25) is 0 Å². The average molecular weight is 851 g/mol. The number of rotatable bonds is 9. The van der Waals surface area contributed by atoms with Gasteiger partial charge in [-0.05, 0) is 93.9 Å². The van der Waals surface area contributed by atoms with E-state index in [1.165, 1.54) is 14.0 Å². The zero-order valence-electron chi connectivity index (χ0n) is 34.2. The van der Waals surface area contributed by atoms with Gasteiger partial charge in [0.2, 0.25) is 27.7 Å². The molecule has 2 aliphatic heterocycles. The Kier molecular flexibility index (Phi) is 11.9. The molecule has 1 saturated heterocycles. The minimum Gasteiger partial charge on any atom is -0.497 e. The molecule has 6 rings (SSSR count). The monoisotopic (exact) mass is 850 g/mol. The number of anilines is 1. The Hall–Kier alpha value is -4.81. The van der Waals surface area contributed by atoms with Crippen molar-refractivity contribution in [2.45, 2.75) is 113 Å². The molecule has 15 nitrogen and oxygen atoms in total. The Morgan fingerprint density at radius 1 is 1.08 bits per heavy atom. The number of benzene rings is 1. The maximum Gasteiger partial charge on any atom is 0.411 e. The highest BCUT2D eigenvalue weighted by Crippen LogP contribution is 2.47. The number of carbonyl (C=O) groups excluding carboxylic acids is 3. The number of fused-ring (bicyclic) bond motifs is 3. The molecule has 324 valence electrons. The van der Waals surface area contributed by atoms with E-state index in [0.29, 0.717) is 61.9 Å². The smallest absolute Gasteiger partial charge is 0.411 e. The molecular formula is C40H53F3N6O9S. The fourth-order valence-electron chi connectivity index (χ4n) is 8.28. The highest BCUT2D eigenvalue weighted by molar-refractivity contribution is 7.91. The van der Waals surface area contributed by atoms with Crippen LogP contribution in [0.4, 0.5) is 23.8 Å². The predicted octanol–water partition coefficient (Wildman–Crippen LogP) is 4.84. The van der Waals surface area contributed by atoms with Crippen LogP contribution in [0.5, 0.6) is 11.6 Å². The van der Waals surface area contributed by atoms with Crippen molar-refractivity contribution in [2.24, 2.45) is 17.8 Å². The molecule has 19 heteroatoms. The van der Waals surface area contributed by atoms with Crippen molar-refractivity contribution >= 4 is 50.4 Å². The van der Waals surface area contributed by atoms with Crippen LogP contribution in [-0.2, 0) is 24.4 Å². The van der Waals surface area contributed by atoms with Crippen molar-refractivity contribution in [3.63, 3.8) is 0 Å². The van der Waals surface area contributed by atoms with Gasteiger partial charge in [0.25, 0.3) is 5.91 Å². The highest BCUT2D eigenvalue weighted by Gasteiger charge is 2.63. The molecule has 0 spiro atoms. The van der Waals surface area contributed by atoms with Gasteiger partial charge in [-0.1, -0.05) is 26.0 Å². The summed E-state index contributed by atoms with van der Waals surface area (Å²) in [7, 11) is 1.04. The van der Waals surface area contributed by atoms with E-state index in [1.54, 1.807) is 43.3 Å². The van der Waals surface area contributed by atoms with E-state index in [2.05, 4.69) is 15.0 Å². The second-order valence-corrected chi connectivity index (χ2v) is 19.1. The van der Waals surface area contributed by atoms with Gasteiger partial charge in [-0.25, -0.2) is 13.2 Å². The molecule has 2 saturated carbocycles. The van der Waals surface area contributed by atoms with E-state index in [0.717, 1.165) is 4.90 Å². The number of hydrogen-bond acceptors (Lipinski definition) is 10. The van der Waals surface area contributed by atoms with Crippen LogP contribution in [0, 0.1) is 17.8 Å². The van der Waals surface area contributed by atoms with E-state index < -0.39 is 86.4 Å². The van der Waals surface area contributed by atoms with Crippen LogP contribution in [0.3, 0.4) is 0 Å². The third kappa shape index (κ3) is 8.75. The number of halogens is 3. The Morgan fingerprint density at radius 2 is 1.78 bits per heavy atom. The normalized spacial score (nSPS) is 28.1. The molecule has 3 fully saturated rings. The van der Waals surface area contributed by atoms with E-state index in [9.17, 15) is 41.1 Å². The lowest BCUT2D eigenvalue weighted by Crippen LogP contribution is -2.66. The van der Waals surface area contributed by atoms with Crippen molar-refractivity contribution in [3.8, 4) is 11.6 Å². The van der Waals surface area contributed by atoms with Crippen LogP contribution < -0.4 is 24.4 Å². The maximum absolute atomic E-state index is 15.1. The SMILES string of the molecule is COc1ccc2c(O[C@@H]3C[C@H]4C(=O)N[C@]5(C(=O)NS(=O)(=O)C6CC6)C[C@H]5C=CCC[C@H](C)C[C@@H](C)[C@H](N(C(=O)O)C(C)(C)C(F)(F)F)C(=O)N4C3)nc(N(C)C)cc2c1. The summed E-state index contributed by atoms with van der Waals surface area (Å²) in [6.07, 6.45) is -2.78. The number of methoxy groups -OCH3 is 1. The molecule has 2 aliphatic carbocycles. The first-order valence-electron chi connectivity index (χ1n) is 19.8. The number of ether oxygens (including phenoxy) is 2. The summed E-state index contributed by atoms with van der Waals surface area (Å²) in [4.78, 5) is 64.1. The van der Waals surface area contributed by atoms with Gasteiger partial charge in [-0.3, -0.25) is 24.0 Å². The summed E-state index contributed by atoms with van der Waals surface area (Å²) in [5.74, 6) is -3.41. The van der Waals surface area contributed by atoms with Gasteiger partial charge in [0.1, 0.15) is 40.8 Å². The number of pyridine rings is 1. The first-order chi connectivity index (χ1) is 27.5. The van der Waals surface area contributed by atoms with Gasteiger partial charge >= 0.3 is 12.3 Å². The molecule has 4 amide bonds. The van der Waals surface area contributed by atoms with Gasteiger partial charge in [0.05, 0.1) is 18.9 Å². The van der Waals surface area contributed by atoms with Gasteiger partial charge in [-0.2, -0.15) is 18.2 Å². The zero-order chi connectivity index (χ0) is 43.4. The first-order valence-corrected chi connectivity index (χ1v) is 21.3. The summed E-state index contributed by atoms with van der Waals surface area (Å²) < 4.78 is 84.1. The summed E-state index contributed by atoms with van der Waals surface area (Å²) in [6, 6.07) is 3.63. The molecule has 7 atom stereocenters. The van der Waals surface area contributed by atoms with Crippen LogP contribution in [0.15, 0.2) is 36.4 Å². The third-order valence-corrected chi connectivity index (χ3v) is 13.9. The number of hydrogen-bond donors (Lipinski definition) is 3. The standard InChI is InChI=1S/C40H53F3N6O9S/c1-22-10-8-9-11-25-20-39(25,36(52)46-59(55,56)28-13-14-28)45-33(50)30-19-27(58-34-29-15-12-26(57-7)17-24(29)18-31(44-34)47(5)6)21-48(30)35(51)32(23(2)16-22)49(37(53)54)38(3,4)40(41,42)43/h9,11-12,15,17-18,22-23,25,27-28,30,32H,8,10,13-14,16,19-21H2,1-7H3,(H,45,50)(H,46,52)(H,53,54)/t22-,23+,25+,27+,30-,32-,39+/m0/s1. The molecular weight excluding hydrogens is 798 g/mol. The van der Waals surface area contributed by atoms with Gasteiger partial charge < -0.3 is 29.7 Å². The molecule has 0 unspecified atom stereocenters. The van der Waals surface area contributed by atoms with Gasteiger partial charge in [-0.15, -0.1) is 0 Å². The first kappa shape index (κ1) is 43.8. The number of aromatic nitrogens is 1. The van der Waals surface area contributed by atoms with Gasteiger partial charge in [0.15, 0.2) is 0 Å². The fraction of sp³-hybridized carbons (Fsp3) is 0.625. The lowest BCUT2D eigenvalue weighted by Gasteiger charge is -2.45. The zero-order valence-corrected chi connectivity index (χ0v) is 35.0. The molecule has 0 bridgehead atoms. The Labute approximate surface area is 341 Å². The quantitative estimate of drug-likeness (QED) is 0.293.